The molecule has 15 heavy (non-hydrogen) atoms. The quantitative estimate of drug-likeness (QED) is 0.582. The number of hydrogen-bond donors (Lipinski definition) is 0. The highest BCUT2D eigenvalue weighted by Gasteiger charge is 2.10. The van der Waals surface area contributed by atoms with E-state index in [1.807, 2.05) is 13.0 Å². The van der Waals surface area contributed by atoms with E-state index < -0.39 is 0 Å². The monoisotopic (exact) mass is 286 g/mol. The smallest absolute Gasteiger partial charge is 0.164 e. The van der Waals surface area contributed by atoms with Crippen LogP contribution >= 0.6 is 27.5 Å². The number of hydrogen-bond acceptors (Lipinski definition) is 1. The number of carbonyl (C=O) groups excluding carboxylic acids is 1. The average molecular weight is 288 g/mol. The van der Waals surface area contributed by atoms with E-state index in [1.54, 1.807) is 12.1 Å². The molecule has 0 aromatic heterocycles. The van der Waals surface area contributed by atoms with Gasteiger partial charge in [-0.15, -0.1) is 6.58 Å². The molecule has 3 heteroatoms. The standard InChI is InChI=1S/C12H12BrClO/c1-8(2)3-6-12(15)10-7-9(13)4-5-11(10)14/h4-5,7H,1,3,6H2,2H3. The van der Waals surface area contributed by atoms with Crippen molar-refractivity contribution >= 4 is 33.3 Å². The number of ketones is 1. The van der Waals surface area contributed by atoms with Gasteiger partial charge in [-0.25, -0.2) is 0 Å². The number of allylic oxidation sites excluding steroid dienone is 1. The zero-order chi connectivity index (χ0) is 11.4. The fraction of sp³-hybridized carbons (Fsp3) is 0.250. The SMILES string of the molecule is C=C(C)CCC(=O)c1cc(Br)ccc1Cl. The van der Waals surface area contributed by atoms with Crippen molar-refractivity contribution in [1.29, 1.82) is 0 Å². The van der Waals surface area contributed by atoms with E-state index in [1.165, 1.54) is 0 Å². The van der Waals surface area contributed by atoms with Crippen molar-refractivity contribution in [2.45, 2.75) is 19.8 Å². The van der Waals surface area contributed by atoms with Crippen LogP contribution in [-0.4, -0.2) is 5.78 Å². The lowest BCUT2D eigenvalue weighted by Crippen LogP contribution is -2.00. The molecule has 0 N–H and O–H groups in total. The Morgan fingerprint density at radius 1 is 1.47 bits per heavy atom. The Morgan fingerprint density at radius 2 is 2.13 bits per heavy atom. The number of benzene rings is 1. The van der Waals surface area contributed by atoms with Crippen LogP contribution in [0.5, 0.6) is 0 Å². The Labute approximate surface area is 103 Å². The first-order valence-corrected chi connectivity index (χ1v) is 5.80. The van der Waals surface area contributed by atoms with E-state index >= 15 is 0 Å². The summed E-state index contributed by atoms with van der Waals surface area (Å²) in [7, 11) is 0. The number of rotatable bonds is 4. The molecular formula is C12H12BrClO. The fourth-order valence-electron chi connectivity index (χ4n) is 1.17. The number of halogens is 2. The van der Waals surface area contributed by atoms with Crippen molar-refractivity contribution in [2.75, 3.05) is 0 Å². The van der Waals surface area contributed by atoms with Crippen molar-refractivity contribution in [3.63, 3.8) is 0 Å². The minimum atomic E-state index is 0.0595. The van der Waals surface area contributed by atoms with Gasteiger partial charge in [0.1, 0.15) is 0 Å². The summed E-state index contributed by atoms with van der Waals surface area (Å²) in [6.07, 6.45) is 1.17. The van der Waals surface area contributed by atoms with Gasteiger partial charge in [-0.2, -0.15) is 0 Å². The van der Waals surface area contributed by atoms with Crippen molar-refractivity contribution in [3.05, 3.63) is 45.4 Å². The highest BCUT2D eigenvalue weighted by Crippen LogP contribution is 2.23. The molecule has 0 aliphatic heterocycles. The maximum absolute atomic E-state index is 11.8. The minimum absolute atomic E-state index is 0.0595. The molecule has 0 heterocycles. The molecule has 1 rings (SSSR count). The first-order chi connectivity index (χ1) is 7.00. The van der Waals surface area contributed by atoms with E-state index in [-0.39, 0.29) is 5.78 Å². The largest absolute Gasteiger partial charge is 0.294 e. The molecular weight excluding hydrogens is 275 g/mol. The summed E-state index contributed by atoms with van der Waals surface area (Å²) in [5.41, 5.74) is 1.58. The van der Waals surface area contributed by atoms with Crippen molar-refractivity contribution in [2.24, 2.45) is 0 Å². The summed E-state index contributed by atoms with van der Waals surface area (Å²) in [5, 5.41) is 0.505. The third-order valence-electron chi connectivity index (χ3n) is 2.01. The van der Waals surface area contributed by atoms with E-state index in [4.69, 9.17) is 11.6 Å². The fourth-order valence-corrected chi connectivity index (χ4v) is 1.76. The van der Waals surface area contributed by atoms with Crippen molar-refractivity contribution < 1.29 is 4.79 Å². The maximum Gasteiger partial charge on any atom is 0.164 e. The van der Waals surface area contributed by atoms with Gasteiger partial charge < -0.3 is 0 Å². The molecule has 0 amide bonds. The van der Waals surface area contributed by atoms with E-state index in [9.17, 15) is 4.79 Å². The van der Waals surface area contributed by atoms with Crippen LogP contribution in [0.2, 0.25) is 5.02 Å². The second-order valence-corrected chi connectivity index (χ2v) is 4.83. The molecule has 1 aromatic rings. The molecule has 0 bridgehead atoms. The lowest BCUT2D eigenvalue weighted by Gasteiger charge is -2.04. The second-order valence-electron chi connectivity index (χ2n) is 3.50. The zero-order valence-corrected chi connectivity index (χ0v) is 10.9. The summed E-state index contributed by atoms with van der Waals surface area (Å²) >= 11 is 9.26. The second kappa shape index (κ2) is 5.47. The van der Waals surface area contributed by atoms with E-state index in [2.05, 4.69) is 22.5 Å². The maximum atomic E-state index is 11.8. The van der Waals surface area contributed by atoms with E-state index in [0.29, 0.717) is 23.4 Å². The third-order valence-corrected chi connectivity index (χ3v) is 2.83. The highest BCUT2D eigenvalue weighted by atomic mass is 79.9. The summed E-state index contributed by atoms with van der Waals surface area (Å²) in [6, 6.07) is 5.29. The van der Waals surface area contributed by atoms with Crippen LogP contribution in [0.1, 0.15) is 30.1 Å². The van der Waals surface area contributed by atoms with Crippen LogP contribution in [0.4, 0.5) is 0 Å². The predicted octanol–water partition coefficient (Wildman–Crippen LogP) is 4.64. The summed E-state index contributed by atoms with van der Waals surface area (Å²) in [5.74, 6) is 0.0595. The van der Waals surface area contributed by atoms with Crippen molar-refractivity contribution in [1.82, 2.24) is 0 Å². The Kier molecular flexibility index (Phi) is 4.55. The van der Waals surface area contributed by atoms with Crippen LogP contribution in [0.25, 0.3) is 0 Å². The zero-order valence-electron chi connectivity index (χ0n) is 8.52. The Morgan fingerprint density at radius 3 is 2.73 bits per heavy atom. The van der Waals surface area contributed by atoms with Crippen LogP contribution in [-0.2, 0) is 0 Å². The van der Waals surface area contributed by atoms with Gasteiger partial charge >= 0.3 is 0 Å². The topological polar surface area (TPSA) is 17.1 Å². The van der Waals surface area contributed by atoms with Crippen LogP contribution in [0.15, 0.2) is 34.8 Å². The van der Waals surface area contributed by atoms with Gasteiger partial charge in [0.2, 0.25) is 0 Å². The first-order valence-electron chi connectivity index (χ1n) is 4.63. The van der Waals surface area contributed by atoms with Gasteiger partial charge in [-0.05, 0) is 31.5 Å². The Balaban J connectivity index is 2.81. The molecule has 0 aliphatic rings. The van der Waals surface area contributed by atoms with Gasteiger partial charge in [0.15, 0.2) is 5.78 Å². The van der Waals surface area contributed by atoms with Crippen LogP contribution in [0, 0.1) is 0 Å². The summed E-state index contributed by atoms with van der Waals surface area (Å²) in [6.45, 7) is 5.68. The lowest BCUT2D eigenvalue weighted by atomic mass is 10.0. The molecule has 1 nitrogen and oxygen atoms in total. The third kappa shape index (κ3) is 3.80. The molecule has 0 unspecified atom stereocenters. The van der Waals surface area contributed by atoms with E-state index in [0.717, 1.165) is 10.0 Å². The number of carbonyl (C=O) groups is 1. The van der Waals surface area contributed by atoms with Crippen LogP contribution < -0.4 is 0 Å². The predicted molar refractivity (Wildman–Crippen MR) is 67.5 cm³/mol. The van der Waals surface area contributed by atoms with Gasteiger partial charge in [0.25, 0.3) is 0 Å². The summed E-state index contributed by atoms with van der Waals surface area (Å²) in [4.78, 5) is 11.8. The number of Topliss-reactive ketones (excluding diaryl/α,β-unsaturated/α-hetero) is 1. The molecule has 80 valence electrons. The molecule has 1 aromatic carbocycles. The molecule has 0 atom stereocenters. The van der Waals surface area contributed by atoms with Crippen molar-refractivity contribution in [3.8, 4) is 0 Å². The minimum Gasteiger partial charge on any atom is -0.294 e. The lowest BCUT2D eigenvalue weighted by molar-refractivity contribution is 0.0983. The van der Waals surface area contributed by atoms with Gasteiger partial charge in [-0.3, -0.25) is 4.79 Å². The molecule has 0 radical (unpaired) electrons. The highest BCUT2D eigenvalue weighted by molar-refractivity contribution is 9.10. The van der Waals surface area contributed by atoms with Gasteiger partial charge in [0.05, 0.1) is 5.02 Å². The Hall–Kier alpha value is -0.600. The molecule has 0 spiro atoms. The van der Waals surface area contributed by atoms with Crippen LogP contribution in [0.3, 0.4) is 0 Å². The molecule has 0 saturated heterocycles. The normalized spacial score (nSPS) is 10.1. The molecule has 0 saturated carbocycles. The summed E-state index contributed by atoms with van der Waals surface area (Å²) < 4.78 is 0.866. The average Bonchev–Trinajstić information content (AvgIpc) is 2.18. The molecule has 0 fully saturated rings. The Bertz CT molecular complexity index is 399. The first kappa shape index (κ1) is 12.5. The van der Waals surface area contributed by atoms with Gasteiger partial charge in [0, 0.05) is 16.5 Å². The molecule has 0 aliphatic carbocycles. The van der Waals surface area contributed by atoms with Gasteiger partial charge in [-0.1, -0.05) is 33.1 Å².